The van der Waals surface area contributed by atoms with Crippen molar-refractivity contribution < 1.29 is 19.1 Å². The van der Waals surface area contributed by atoms with Crippen molar-refractivity contribution in [1.29, 1.82) is 0 Å². The Hall–Kier alpha value is -3.06. The molecular weight excluding hydrogens is 526 g/mol. The molecule has 2 rings (SSSR count). The number of carbonyl (C=O) groups excluding carboxylic acids is 3. The highest BCUT2D eigenvalue weighted by atomic mass is 35.5. The van der Waals surface area contributed by atoms with Crippen LogP contribution in [0.1, 0.15) is 91.0 Å². The van der Waals surface area contributed by atoms with E-state index in [0.29, 0.717) is 29.1 Å². The Bertz CT molecular complexity index is 1180. The minimum atomic E-state index is -0.994. The first-order valence-electron chi connectivity index (χ1n) is 14.0. The van der Waals surface area contributed by atoms with Gasteiger partial charge in [-0.25, -0.2) is 4.79 Å². The van der Waals surface area contributed by atoms with E-state index in [1.807, 2.05) is 84.9 Å². The van der Waals surface area contributed by atoms with Crippen LogP contribution in [0.3, 0.4) is 0 Å². The monoisotopic (exact) mass is 571 g/mol. The second kappa shape index (κ2) is 13.5. The van der Waals surface area contributed by atoms with Crippen LogP contribution in [-0.2, 0) is 14.3 Å². The Morgan fingerprint density at radius 3 is 2.08 bits per heavy atom. The molecule has 0 aliphatic heterocycles. The predicted molar refractivity (Wildman–Crippen MR) is 163 cm³/mol. The molecule has 3 unspecified atom stereocenters. The molecule has 0 fully saturated rings. The standard InChI is InChI=1S/C32H46ClN3O4/c1-11-20(3)26(35-30(39)40-31(6,7)8)29(38)36(32(9,10)12-2)27(23-18-14-13-16-21(23)4)28(37)34-25-22(5)17-15-19-24(25)33/h13-20,26-27H,11-12H2,1-10H3,(H,34,37)(H,35,39). The molecule has 0 saturated heterocycles. The summed E-state index contributed by atoms with van der Waals surface area (Å²) in [5.74, 6) is -0.964. The van der Waals surface area contributed by atoms with Gasteiger partial charge in [-0.15, -0.1) is 0 Å². The fourth-order valence-electron chi connectivity index (χ4n) is 4.49. The van der Waals surface area contributed by atoms with E-state index in [4.69, 9.17) is 16.3 Å². The first kappa shape index (κ1) is 33.1. The Kier molecular flexibility index (Phi) is 11.2. The number of carbonyl (C=O) groups is 3. The number of amides is 3. The second-order valence-electron chi connectivity index (χ2n) is 12.1. The molecule has 0 heterocycles. The summed E-state index contributed by atoms with van der Waals surface area (Å²) in [6.07, 6.45) is 0.523. The SMILES string of the molecule is CCC(C)C(NC(=O)OC(C)(C)C)C(=O)N(C(C(=O)Nc1c(C)cccc1Cl)c1ccccc1C)C(C)(C)CC. The van der Waals surface area contributed by atoms with Crippen LogP contribution in [0.15, 0.2) is 42.5 Å². The van der Waals surface area contributed by atoms with Gasteiger partial charge < -0.3 is 20.3 Å². The third-order valence-electron chi connectivity index (χ3n) is 7.37. The van der Waals surface area contributed by atoms with Crippen molar-refractivity contribution in [1.82, 2.24) is 10.2 Å². The maximum absolute atomic E-state index is 14.6. The number of nitrogens with one attached hydrogen (secondary N) is 2. The second-order valence-corrected chi connectivity index (χ2v) is 12.5. The van der Waals surface area contributed by atoms with Crippen molar-refractivity contribution in [2.75, 3.05) is 5.32 Å². The molecule has 8 heteroatoms. The van der Waals surface area contributed by atoms with Crippen LogP contribution in [0.5, 0.6) is 0 Å². The Morgan fingerprint density at radius 1 is 0.950 bits per heavy atom. The maximum Gasteiger partial charge on any atom is 0.408 e. The molecule has 220 valence electrons. The minimum Gasteiger partial charge on any atom is -0.444 e. The number of halogens is 1. The van der Waals surface area contributed by atoms with Gasteiger partial charge in [0, 0.05) is 5.54 Å². The van der Waals surface area contributed by atoms with Gasteiger partial charge in [0.1, 0.15) is 17.7 Å². The zero-order valence-electron chi connectivity index (χ0n) is 25.6. The predicted octanol–water partition coefficient (Wildman–Crippen LogP) is 7.59. The molecular formula is C32H46ClN3O4. The Balaban J connectivity index is 2.72. The zero-order valence-corrected chi connectivity index (χ0v) is 26.4. The molecule has 0 saturated carbocycles. The van der Waals surface area contributed by atoms with Gasteiger partial charge in [0.25, 0.3) is 5.91 Å². The van der Waals surface area contributed by atoms with Crippen molar-refractivity contribution in [2.45, 2.75) is 105 Å². The average Bonchev–Trinajstić information content (AvgIpc) is 2.86. The van der Waals surface area contributed by atoms with E-state index in [-0.39, 0.29) is 17.7 Å². The number of hydrogen-bond donors (Lipinski definition) is 2. The molecule has 0 bridgehead atoms. The molecule has 2 aromatic carbocycles. The van der Waals surface area contributed by atoms with E-state index in [2.05, 4.69) is 10.6 Å². The summed E-state index contributed by atoms with van der Waals surface area (Å²) in [6, 6.07) is 11.0. The van der Waals surface area contributed by atoms with Gasteiger partial charge in [-0.1, -0.05) is 75.2 Å². The third-order valence-corrected chi connectivity index (χ3v) is 7.68. The van der Waals surface area contributed by atoms with Crippen LogP contribution in [0.4, 0.5) is 10.5 Å². The van der Waals surface area contributed by atoms with E-state index in [9.17, 15) is 14.4 Å². The summed E-state index contributed by atoms with van der Waals surface area (Å²) < 4.78 is 5.51. The first-order valence-corrected chi connectivity index (χ1v) is 14.4. The molecule has 3 amide bonds. The summed E-state index contributed by atoms with van der Waals surface area (Å²) in [5.41, 5.74) is 1.38. The van der Waals surface area contributed by atoms with Gasteiger partial charge in [0.2, 0.25) is 5.91 Å². The van der Waals surface area contributed by atoms with Crippen LogP contribution in [0.2, 0.25) is 5.02 Å². The van der Waals surface area contributed by atoms with Crippen molar-refractivity contribution in [3.8, 4) is 0 Å². The highest BCUT2D eigenvalue weighted by Crippen LogP contribution is 2.36. The van der Waals surface area contributed by atoms with Crippen molar-refractivity contribution in [3.05, 3.63) is 64.2 Å². The lowest BCUT2D eigenvalue weighted by atomic mass is 9.88. The number of anilines is 1. The van der Waals surface area contributed by atoms with Gasteiger partial charge >= 0.3 is 6.09 Å². The third kappa shape index (κ3) is 8.23. The maximum atomic E-state index is 14.6. The molecule has 0 spiro atoms. The molecule has 0 aliphatic rings. The van der Waals surface area contributed by atoms with Gasteiger partial charge in [-0.05, 0) is 83.6 Å². The van der Waals surface area contributed by atoms with E-state index < -0.39 is 29.3 Å². The van der Waals surface area contributed by atoms with Crippen LogP contribution in [0, 0.1) is 19.8 Å². The largest absolute Gasteiger partial charge is 0.444 e. The van der Waals surface area contributed by atoms with Crippen LogP contribution in [-0.4, -0.2) is 40.0 Å². The Labute approximate surface area is 245 Å². The molecule has 40 heavy (non-hydrogen) atoms. The number of ether oxygens (including phenoxy) is 1. The molecule has 2 N–H and O–H groups in total. The number of rotatable bonds is 10. The number of hydrogen-bond acceptors (Lipinski definition) is 4. The smallest absolute Gasteiger partial charge is 0.408 e. The lowest BCUT2D eigenvalue weighted by molar-refractivity contribution is -0.148. The van der Waals surface area contributed by atoms with E-state index in [1.165, 1.54) is 0 Å². The number of aryl methyl sites for hydroxylation is 2. The van der Waals surface area contributed by atoms with Gasteiger partial charge in [-0.2, -0.15) is 0 Å². The quantitative estimate of drug-likeness (QED) is 0.307. The topological polar surface area (TPSA) is 87.7 Å². The van der Waals surface area contributed by atoms with E-state index in [1.54, 1.807) is 31.7 Å². The summed E-state index contributed by atoms with van der Waals surface area (Å²) in [6.45, 7) is 18.8. The van der Waals surface area contributed by atoms with Gasteiger partial charge in [0.15, 0.2) is 0 Å². The molecule has 7 nitrogen and oxygen atoms in total. The van der Waals surface area contributed by atoms with Crippen LogP contribution >= 0.6 is 11.6 Å². The van der Waals surface area contributed by atoms with Crippen molar-refractivity contribution >= 4 is 35.2 Å². The van der Waals surface area contributed by atoms with E-state index in [0.717, 1.165) is 11.1 Å². The summed E-state index contributed by atoms with van der Waals surface area (Å²) in [5, 5.41) is 6.25. The highest BCUT2D eigenvalue weighted by molar-refractivity contribution is 6.34. The summed E-state index contributed by atoms with van der Waals surface area (Å²) >= 11 is 6.48. The minimum absolute atomic E-state index is 0.221. The average molecular weight is 572 g/mol. The number of alkyl carbamates (subject to hydrolysis) is 1. The number of benzene rings is 2. The van der Waals surface area contributed by atoms with Crippen LogP contribution in [0.25, 0.3) is 0 Å². The molecule has 0 radical (unpaired) electrons. The lowest BCUT2D eigenvalue weighted by Crippen LogP contribution is -2.60. The van der Waals surface area contributed by atoms with Crippen molar-refractivity contribution in [3.63, 3.8) is 0 Å². The molecule has 2 aromatic rings. The van der Waals surface area contributed by atoms with Gasteiger partial charge in [-0.3, -0.25) is 9.59 Å². The summed E-state index contributed by atoms with van der Waals surface area (Å²) in [7, 11) is 0. The lowest BCUT2D eigenvalue weighted by Gasteiger charge is -2.45. The molecule has 3 atom stereocenters. The number of nitrogens with zero attached hydrogens (tertiary/aromatic N) is 1. The zero-order chi connectivity index (χ0) is 30.4. The Morgan fingerprint density at radius 2 is 1.55 bits per heavy atom. The van der Waals surface area contributed by atoms with Crippen LogP contribution < -0.4 is 10.6 Å². The fraction of sp³-hybridized carbons (Fsp3) is 0.531. The number of para-hydroxylation sites is 1. The fourth-order valence-corrected chi connectivity index (χ4v) is 4.75. The van der Waals surface area contributed by atoms with E-state index >= 15 is 0 Å². The summed E-state index contributed by atoms with van der Waals surface area (Å²) in [4.78, 5) is 43.4. The van der Waals surface area contributed by atoms with Gasteiger partial charge in [0.05, 0.1) is 10.7 Å². The molecule has 0 aromatic heterocycles. The normalized spacial score (nSPS) is 14.1. The first-order chi connectivity index (χ1) is 18.5. The van der Waals surface area contributed by atoms with Crippen molar-refractivity contribution in [2.24, 2.45) is 5.92 Å². The molecule has 0 aliphatic carbocycles. The highest BCUT2D eigenvalue weighted by Gasteiger charge is 2.44.